The first-order valence-corrected chi connectivity index (χ1v) is 5.63. The molecule has 15 heavy (non-hydrogen) atoms. The third-order valence-corrected chi connectivity index (χ3v) is 3.03. The number of hydrogen-bond acceptors (Lipinski definition) is 2. The summed E-state index contributed by atoms with van der Waals surface area (Å²) in [5, 5.41) is 9.13. The zero-order valence-electron chi connectivity index (χ0n) is 8.07. The predicted molar refractivity (Wildman–Crippen MR) is 59.2 cm³/mol. The number of carboxylic acids is 1. The van der Waals surface area contributed by atoms with Crippen LogP contribution in [-0.4, -0.2) is 17.7 Å². The molecule has 0 spiro atoms. The van der Waals surface area contributed by atoms with Crippen LogP contribution in [0.4, 0.5) is 0 Å². The van der Waals surface area contributed by atoms with Gasteiger partial charge in [0, 0.05) is 10.0 Å². The molecule has 1 atom stereocenters. The number of ether oxygens (including phenoxy) is 1. The SMILES string of the molecule is O=C(O)C1CCCOc2ccc(Br)cc21. The van der Waals surface area contributed by atoms with Crippen molar-refractivity contribution in [3.63, 3.8) is 0 Å². The molecule has 0 saturated heterocycles. The number of carbonyl (C=O) groups is 1. The third-order valence-electron chi connectivity index (χ3n) is 2.54. The minimum Gasteiger partial charge on any atom is -0.493 e. The first-order chi connectivity index (χ1) is 7.18. The topological polar surface area (TPSA) is 46.5 Å². The Bertz CT molecular complexity index is 389. The quantitative estimate of drug-likeness (QED) is 0.854. The van der Waals surface area contributed by atoms with Gasteiger partial charge in [-0.2, -0.15) is 0 Å². The summed E-state index contributed by atoms with van der Waals surface area (Å²) in [4.78, 5) is 11.1. The van der Waals surface area contributed by atoms with Crippen molar-refractivity contribution in [2.24, 2.45) is 0 Å². The van der Waals surface area contributed by atoms with Gasteiger partial charge < -0.3 is 9.84 Å². The van der Waals surface area contributed by atoms with Crippen molar-refractivity contribution in [3.8, 4) is 5.75 Å². The Morgan fingerprint density at radius 2 is 2.33 bits per heavy atom. The molecule has 2 rings (SSSR count). The van der Waals surface area contributed by atoms with Crippen molar-refractivity contribution >= 4 is 21.9 Å². The fourth-order valence-corrected chi connectivity index (χ4v) is 2.18. The smallest absolute Gasteiger partial charge is 0.311 e. The lowest BCUT2D eigenvalue weighted by atomic mass is 9.95. The monoisotopic (exact) mass is 270 g/mol. The number of hydrogen-bond donors (Lipinski definition) is 1. The Morgan fingerprint density at radius 1 is 1.53 bits per heavy atom. The van der Waals surface area contributed by atoms with Gasteiger partial charge in [0.25, 0.3) is 0 Å². The van der Waals surface area contributed by atoms with Gasteiger partial charge in [-0.05, 0) is 31.0 Å². The maximum atomic E-state index is 11.1. The van der Waals surface area contributed by atoms with Gasteiger partial charge >= 0.3 is 5.97 Å². The molecule has 0 amide bonds. The molecule has 1 aromatic carbocycles. The summed E-state index contributed by atoms with van der Waals surface area (Å²) in [7, 11) is 0. The van der Waals surface area contributed by atoms with Crippen molar-refractivity contribution in [2.45, 2.75) is 18.8 Å². The molecule has 3 nitrogen and oxygen atoms in total. The number of carboxylic acid groups (broad SMARTS) is 1. The minimum absolute atomic E-state index is 0.444. The van der Waals surface area contributed by atoms with E-state index in [-0.39, 0.29) is 0 Å². The predicted octanol–water partition coefficient (Wildman–Crippen LogP) is 2.79. The third kappa shape index (κ3) is 2.15. The highest BCUT2D eigenvalue weighted by Gasteiger charge is 2.25. The van der Waals surface area contributed by atoms with E-state index in [2.05, 4.69) is 15.9 Å². The van der Waals surface area contributed by atoms with Crippen molar-refractivity contribution in [3.05, 3.63) is 28.2 Å². The van der Waals surface area contributed by atoms with Crippen LogP contribution in [0.2, 0.25) is 0 Å². The summed E-state index contributed by atoms with van der Waals surface area (Å²) in [5.41, 5.74) is 0.773. The van der Waals surface area contributed by atoms with Gasteiger partial charge in [0.15, 0.2) is 0 Å². The molecule has 1 aromatic rings. The van der Waals surface area contributed by atoms with E-state index in [9.17, 15) is 4.79 Å². The number of aliphatic carboxylic acids is 1. The highest BCUT2D eigenvalue weighted by atomic mass is 79.9. The molecule has 0 bridgehead atoms. The van der Waals surface area contributed by atoms with Crippen LogP contribution in [0.3, 0.4) is 0 Å². The molecule has 0 aromatic heterocycles. The maximum absolute atomic E-state index is 11.1. The fraction of sp³-hybridized carbons (Fsp3) is 0.364. The Balaban J connectivity index is 2.46. The van der Waals surface area contributed by atoms with Gasteiger partial charge in [0.1, 0.15) is 5.75 Å². The Hall–Kier alpha value is -1.03. The first kappa shape index (κ1) is 10.5. The van der Waals surface area contributed by atoms with Crippen LogP contribution in [0, 0.1) is 0 Å². The van der Waals surface area contributed by atoms with Crippen molar-refractivity contribution in [1.82, 2.24) is 0 Å². The Kier molecular flexibility index (Phi) is 2.95. The zero-order chi connectivity index (χ0) is 10.8. The Labute approximate surface area is 96.2 Å². The lowest BCUT2D eigenvalue weighted by molar-refractivity contribution is -0.138. The van der Waals surface area contributed by atoms with Gasteiger partial charge in [-0.1, -0.05) is 15.9 Å². The molecule has 1 N–H and O–H groups in total. The molecule has 0 aliphatic carbocycles. The average molecular weight is 271 g/mol. The first-order valence-electron chi connectivity index (χ1n) is 4.83. The van der Waals surface area contributed by atoms with E-state index in [0.717, 1.165) is 16.5 Å². The van der Waals surface area contributed by atoms with E-state index in [1.54, 1.807) is 0 Å². The van der Waals surface area contributed by atoms with Gasteiger partial charge in [-0.3, -0.25) is 4.79 Å². The molecule has 1 aliphatic rings. The van der Waals surface area contributed by atoms with Crippen LogP contribution in [0.1, 0.15) is 24.3 Å². The second kappa shape index (κ2) is 4.23. The molecule has 0 saturated carbocycles. The molecule has 1 heterocycles. The molecular weight excluding hydrogens is 260 g/mol. The normalized spacial score (nSPS) is 19.9. The molecular formula is C11H11BrO3. The number of rotatable bonds is 1. The van der Waals surface area contributed by atoms with Crippen LogP contribution in [-0.2, 0) is 4.79 Å². The van der Waals surface area contributed by atoms with E-state index in [1.165, 1.54) is 0 Å². The van der Waals surface area contributed by atoms with E-state index in [1.807, 2.05) is 18.2 Å². The number of halogens is 1. The molecule has 1 aliphatic heterocycles. The van der Waals surface area contributed by atoms with Crippen molar-refractivity contribution < 1.29 is 14.6 Å². The zero-order valence-corrected chi connectivity index (χ0v) is 9.66. The van der Waals surface area contributed by atoms with Crippen molar-refractivity contribution in [1.29, 1.82) is 0 Å². The Morgan fingerprint density at radius 3 is 3.07 bits per heavy atom. The standard InChI is InChI=1S/C11H11BrO3/c12-7-3-4-10-9(6-7)8(11(13)14)2-1-5-15-10/h3-4,6,8H,1-2,5H2,(H,13,14). The lowest BCUT2D eigenvalue weighted by Gasteiger charge is -2.12. The summed E-state index contributed by atoms with van der Waals surface area (Å²) < 4.78 is 6.39. The second-order valence-electron chi connectivity index (χ2n) is 3.56. The summed E-state index contributed by atoms with van der Waals surface area (Å²) >= 11 is 3.34. The average Bonchev–Trinajstić information content (AvgIpc) is 2.39. The van der Waals surface area contributed by atoms with Crippen LogP contribution in [0.25, 0.3) is 0 Å². The van der Waals surface area contributed by atoms with Gasteiger partial charge in [0.2, 0.25) is 0 Å². The molecule has 4 heteroatoms. The van der Waals surface area contributed by atoms with Gasteiger partial charge in [0.05, 0.1) is 12.5 Å². The van der Waals surface area contributed by atoms with Gasteiger partial charge in [-0.25, -0.2) is 0 Å². The summed E-state index contributed by atoms with van der Waals surface area (Å²) in [6.07, 6.45) is 1.42. The van der Waals surface area contributed by atoms with E-state index in [4.69, 9.17) is 9.84 Å². The second-order valence-corrected chi connectivity index (χ2v) is 4.48. The maximum Gasteiger partial charge on any atom is 0.311 e. The molecule has 0 fully saturated rings. The highest BCUT2D eigenvalue weighted by molar-refractivity contribution is 9.10. The highest BCUT2D eigenvalue weighted by Crippen LogP contribution is 2.35. The lowest BCUT2D eigenvalue weighted by Crippen LogP contribution is -2.10. The number of benzene rings is 1. The number of fused-ring (bicyclic) bond motifs is 1. The van der Waals surface area contributed by atoms with Crippen LogP contribution in [0.5, 0.6) is 5.75 Å². The van der Waals surface area contributed by atoms with Crippen molar-refractivity contribution in [2.75, 3.05) is 6.61 Å². The molecule has 0 radical (unpaired) electrons. The summed E-state index contributed by atoms with van der Waals surface area (Å²) in [6, 6.07) is 5.52. The van der Waals surface area contributed by atoms with E-state index < -0.39 is 11.9 Å². The van der Waals surface area contributed by atoms with E-state index in [0.29, 0.717) is 18.8 Å². The fourth-order valence-electron chi connectivity index (χ4n) is 1.80. The van der Waals surface area contributed by atoms with Crippen LogP contribution < -0.4 is 4.74 Å². The summed E-state index contributed by atoms with van der Waals surface area (Å²) in [5.74, 6) is -0.525. The minimum atomic E-state index is -0.778. The van der Waals surface area contributed by atoms with Crippen LogP contribution in [0.15, 0.2) is 22.7 Å². The molecule has 80 valence electrons. The van der Waals surface area contributed by atoms with Crippen LogP contribution >= 0.6 is 15.9 Å². The molecule has 1 unspecified atom stereocenters. The largest absolute Gasteiger partial charge is 0.493 e. The van der Waals surface area contributed by atoms with E-state index >= 15 is 0 Å². The summed E-state index contributed by atoms with van der Waals surface area (Å²) in [6.45, 7) is 0.596. The van der Waals surface area contributed by atoms with Gasteiger partial charge in [-0.15, -0.1) is 0 Å².